The zero-order valence-corrected chi connectivity index (χ0v) is 18.3. The van der Waals surface area contributed by atoms with Gasteiger partial charge in [0.15, 0.2) is 11.6 Å². The lowest BCUT2D eigenvalue weighted by molar-refractivity contribution is 0.293. The lowest BCUT2D eigenvalue weighted by atomic mass is 10.2. The van der Waals surface area contributed by atoms with Crippen LogP contribution in [0.2, 0.25) is 10.0 Å². The van der Waals surface area contributed by atoms with Crippen molar-refractivity contribution in [2.24, 2.45) is 0 Å². The Bertz CT molecular complexity index is 1230. The zero-order chi connectivity index (χ0) is 22.0. The van der Waals surface area contributed by atoms with Gasteiger partial charge in [0.2, 0.25) is 0 Å². The van der Waals surface area contributed by atoms with E-state index in [1.165, 1.54) is 12.1 Å². The molecule has 5 nitrogen and oxygen atoms in total. The van der Waals surface area contributed by atoms with E-state index in [1.807, 2.05) is 37.3 Å². The predicted octanol–water partition coefficient (Wildman–Crippen LogP) is 6.28. The summed E-state index contributed by atoms with van der Waals surface area (Å²) in [4.78, 5) is 0. The number of hydrogen-bond donors (Lipinski definition) is 0. The van der Waals surface area contributed by atoms with Crippen LogP contribution in [0.3, 0.4) is 0 Å². The van der Waals surface area contributed by atoms with E-state index in [4.69, 9.17) is 32.7 Å². The van der Waals surface area contributed by atoms with E-state index in [1.54, 1.807) is 29.9 Å². The van der Waals surface area contributed by atoms with Crippen LogP contribution in [0.1, 0.15) is 11.4 Å². The van der Waals surface area contributed by atoms with Crippen LogP contribution in [0, 0.1) is 12.7 Å². The molecule has 0 aliphatic carbocycles. The molecule has 0 N–H and O–H groups in total. The molecule has 4 aromatic rings. The number of halogens is 3. The number of methoxy groups -OCH3 is 1. The number of ether oxygens (including phenoxy) is 2. The number of rotatable bonds is 6. The van der Waals surface area contributed by atoms with Crippen LogP contribution in [-0.2, 0) is 6.61 Å². The molecule has 1 aromatic heterocycles. The SMILES string of the molecule is COc1ccc(-c2nnc(COc3ccc(Cl)c(C)c3)n2-c2ccc(F)c(Cl)c2)cc1. The number of aromatic nitrogens is 3. The summed E-state index contributed by atoms with van der Waals surface area (Å²) in [5.41, 5.74) is 2.33. The average Bonchev–Trinajstić information content (AvgIpc) is 3.20. The van der Waals surface area contributed by atoms with Gasteiger partial charge in [-0.2, -0.15) is 0 Å². The normalized spacial score (nSPS) is 10.9. The van der Waals surface area contributed by atoms with Gasteiger partial charge in [-0.05, 0) is 73.2 Å². The van der Waals surface area contributed by atoms with Crippen LogP contribution in [0.5, 0.6) is 11.5 Å². The van der Waals surface area contributed by atoms with Crippen molar-refractivity contribution < 1.29 is 13.9 Å². The minimum absolute atomic E-state index is 0.00655. The van der Waals surface area contributed by atoms with E-state index in [0.717, 1.165) is 16.9 Å². The molecule has 31 heavy (non-hydrogen) atoms. The zero-order valence-electron chi connectivity index (χ0n) is 16.8. The highest BCUT2D eigenvalue weighted by atomic mass is 35.5. The molecule has 0 atom stereocenters. The first-order valence-electron chi connectivity index (χ1n) is 9.39. The van der Waals surface area contributed by atoms with Gasteiger partial charge in [-0.25, -0.2) is 4.39 Å². The highest BCUT2D eigenvalue weighted by molar-refractivity contribution is 6.31. The quantitative estimate of drug-likeness (QED) is 0.342. The second kappa shape index (κ2) is 8.96. The minimum Gasteiger partial charge on any atom is -0.497 e. The molecule has 0 saturated heterocycles. The lowest BCUT2D eigenvalue weighted by Crippen LogP contribution is -2.07. The van der Waals surface area contributed by atoms with Gasteiger partial charge in [0.25, 0.3) is 0 Å². The van der Waals surface area contributed by atoms with Crippen molar-refractivity contribution in [1.82, 2.24) is 14.8 Å². The second-order valence-electron chi connectivity index (χ2n) is 6.80. The molecule has 0 aliphatic heterocycles. The van der Waals surface area contributed by atoms with Crippen molar-refractivity contribution in [2.45, 2.75) is 13.5 Å². The largest absolute Gasteiger partial charge is 0.497 e. The molecular weight excluding hydrogens is 440 g/mol. The van der Waals surface area contributed by atoms with Crippen molar-refractivity contribution in [3.05, 3.63) is 87.9 Å². The second-order valence-corrected chi connectivity index (χ2v) is 7.62. The van der Waals surface area contributed by atoms with Gasteiger partial charge >= 0.3 is 0 Å². The molecule has 0 aliphatic rings. The van der Waals surface area contributed by atoms with Crippen LogP contribution in [0.25, 0.3) is 17.1 Å². The number of hydrogen-bond acceptors (Lipinski definition) is 4. The van der Waals surface area contributed by atoms with Crippen LogP contribution in [0.15, 0.2) is 60.7 Å². The fourth-order valence-electron chi connectivity index (χ4n) is 3.09. The summed E-state index contributed by atoms with van der Waals surface area (Å²) in [6.07, 6.45) is 0. The third-order valence-corrected chi connectivity index (χ3v) is 5.45. The Balaban J connectivity index is 1.74. The molecule has 158 valence electrons. The van der Waals surface area contributed by atoms with Crippen LogP contribution < -0.4 is 9.47 Å². The van der Waals surface area contributed by atoms with Crippen molar-refractivity contribution in [2.75, 3.05) is 7.11 Å². The van der Waals surface area contributed by atoms with Gasteiger partial charge in [0, 0.05) is 10.6 Å². The molecule has 1 heterocycles. The van der Waals surface area contributed by atoms with Crippen LogP contribution in [0.4, 0.5) is 4.39 Å². The smallest absolute Gasteiger partial charge is 0.175 e. The number of aryl methyl sites for hydroxylation is 1. The van der Waals surface area contributed by atoms with E-state index in [-0.39, 0.29) is 11.6 Å². The average molecular weight is 458 g/mol. The maximum atomic E-state index is 13.8. The summed E-state index contributed by atoms with van der Waals surface area (Å²) in [6.45, 7) is 2.04. The fraction of sp³-hybridized carbons (Fsp3) is 0.130. The molecule has 8 heteroatoms. The lowest BCUT2D eigenvalue weighted by Gasteiger charge is -2.13. The summed E-state index contributed by atoms with van der Waals surface area (Å²) < 4.78 is 26.7. The molecular formula is C23H18Cl2FN3O2. The minimum atomic E-state index is -0.501. The van der Waals surface area contributed by atoms with Crippen molar-refractivity contribution in [3.8, 4) is 28.6 Å². The maximum absolute atomic E-state index is 13.8. The number of benzene rings is 3. The van der Waals surface area contributed by atoms with Crippen molar-refractivity contribution in [3.63, 3.8) is 0 Å². The van der Waals surface area contributed by atoms with Crippen LogP contribution in [-0.4, -0.2) is 21.9 Å². The van der Waals surface area contributed by atoms with E-state index in [2.05, 4.69) is 10.2 Å². The first kappa shape index (κ1) is 21.2. The summed E-state index contributed by atoms with van der Waals surface area (Å²) in [6, 6.07) is 17.3. The molecule has 3 aromatic carbocycles. The monoisotopic (exact) mass is 457 g/mol. The molecule has 0 amide bonds. The topological polar surface area (TPSA) is 49.2 Å². The van der Waals surface area contributed by atoms with E-state index in [0.29, 0.717) is 28.1 Å². The molecule has 0 fully saturated rings. The first-order chi connectivity index (χ1) is 15.0. The molecule has 0 saturated carbocycles. The van der Waals surface area contributed by atoms with Gasteiger partial charge in [0.05, 0.1) is 17.8 Å². The summed E-state index contributed by atoms with van der Waals surface area (Å²) in [5, 5.41) is 9.33. The first-order valence-corrected chi connectivity index (χ1v) is 10.1. The molecule has 0 bridgehead atoms. The maximum Gasteiger partial charge on any atom is 0.175 e. The Labute approximate surface area is 189 Å². The van der Waals surface area contributed by atoms with Gasteiger partial charge in [-0.1, -0.05) is 23.2 Å². The van der Waals surface area contributed by atoms with Crippen molar-refractivity contribution in [1.29, 1.82) is 0 Å². The summed E-state index contributed by atoms with van der Waals surface area (Å²) in [7, 11) is 1.60. The molecule has 0 radical (unpaired) electrons. The van der Waals surface area contributed by atoms with E-state index >= 15 is 0 Å². The van der Waals surface area contributed by atoms with E-state index < -0.39 is 5.82 Å². The van der Waals surface area contributed by atoms with Crippen LogP contribution >= 0.6 is 23.2 Å². The van der Waals surface area contributed by atoms with Gasteiger partial charge in [0.1, 0.15) is 23.9 Å². The predicted molar refractivity (Wildman–Crippen MR) is 119 cm³/mol. The molecule has 0 spiro atoms. The highest BCUT2D eigenvalue weighted by Gasteiger charge is 2.17. The summed E-state index contributed by atoms with van der Waals surface area (Å²) in [5.74, 6) is 1.97. The Morgan fingerprint density at radius 3 is 2.32 bits per heavy atom. The Morgan fingerprint density at radius 1 is 0.903 bits per heavy atom. The highest BCUT2D eigenvalue weighted by Crippen LogP contribution is 2.28. The third-order valence-electron chi connectivity index (χ3n) is 4.74. The van der Waals surface area contributed by atoms with Gasteiger partial charge in [-0.3, -0.25) is 4.57 Å². The Morgan fingerprint density at radius 2 is 1.65 bits per heavy atom. The Hall–Kier alpha value is -3.09. The number of nitrogens with zero attached hydrogens (tertiary/aromatic N) is 3. The van der Waals surface area contributed by atoms with Gasteiger partial charge < -0.3 is 9.47 Å². The summed E-state index contributed by atoms with van der Waals surface area (Å²) >= 11 is 12.1. The Kier molecular flexibility index (Phi) is 6.11. The van der Waals surface area contributed by atoms with Crippen molar-refractivity contribution >= 4 is 23.2 Å². The van der Waals surface area contributed by atoms with Gasteiger partial charge in [-0.15, -0.1) is 10.2 Å². The van der Waals surface area contributed by atoms with E-state index in [9.17, 15) is 4.39 Å². The molecule has 0 unspecified atom stereocenters. The third kappa shape index (κ3) is 4.50. The fourth-order valence-corrected chi connectivity index (χ4v) is 3.38. The standard InChI is InChI=1S/C23H18Cl2FN3O2/c1-14-11-18(8-9-19(14)24)31-13-22-27-28-23(15-3-6-17(30-2)7-4-15)29(22)16-5-10-21(26)20(25)12-16/h3-12H,13H2,1-2H3. The molecule has 4 rings (SSSR count).